The van der Waals surface area contributed by atoms with E-state index in [0.29, 0.717) is 18.5 Å². The summed E-state index contributed by atoms with van der Waals surface area (Å²) in [6, 6.07) is 3.48. The van der Waals surface area contributed by atoms with Crippen molar-refractivity contribution in [2.24, 2.45) is 0 Å². The lowest BCUT2D eigenvalue weighted by Gasteiger charge is -2.33. The third kappa shape index (κ3) is 3.33. The molecule has 3 nitrogen and oxygen atoms in total. The molecule has 0 aromatic heterocycles. The van der Waals surface area contributed by atoms with Gasteiger partial charge in [-0.05, 0) is 26.8 Å². The quantitative estimate of drug-likeness (QED) is 0.705. The summed E-state index contributed by atoms with van der Waals surface area (Å²) in [6.07, 6.45) is 3.15. The second kappa shape index (κ2) is 5.21. The van der Waals surface area contributed by atoms with Crippen LogP contribution in [0.25, 0.3) is 0 Å². The Morgan fingerprint density at radius 1 is 1.54 bits per heavy atom. The van der Waals surface area contributed by atoms with Gasteiger partial charge in [0, 0.05) is 31.6 Å². The van der Waals surface area contributed by atoms with Crippen molar-refractivity contribution in [2.45, 2.75) is 38.3 Å². The smallest absolute Gasteiger partial charge is 0.0635 e. The van der Waals surface area contributed by atoms with Gasteiger partial charge in [-0.25, -0.2) is 0 Å². The second-order valence-electron chi connectivity index (χ2n) is 3.93. The highest BCUT2D eigenvalue weighted by atomic mass is 15.2. The minimum atomic E-state index is 0.629. The average Bonchev–Trinajstić information content (AvgIpc) is 2.15. The van der Waals surface area contributed by atoms with Crippen LogP contribution in [0.1, 0.15) is 26.2 Å². The molecule has 1 rings (SSSR count). The molecule has 0 aromatic rings. The lowest BCUT2D eigenvalue weighted by molar-refractivity contribution is 0.191. The first-order valence-corrected chi connectivity index (χ1v) is 5.04. The molecular formula is C10H19N3. The standard InChI is InChI=1S/C10H19N3/c1-9-4-5-10(8-12-9)13(2)7-3-6-11/h9-10,12H,3-5,7-8H2,1-2H3. The summed E-state index contributed by atoms with van der Waals surface area (Å²) in [5.41, 5.74) is 0. The Morgan fingerprint density at radius 2 is 2.31 bits per heavy atom. The van der Waals surface area contributed by atoms with Gasteiger partial charge in [-0.15, -0.1) is 0 Å². The molecule has 1 heterocycles. The Labute approximate surface area is 80.7 Å². The zero-order chi connectivity index (χ0) is 9.68. The molecule has 1 saturated heterocycles. The van der Waals surface area contributed by atoms with Crippen LogP contribution >= 0.6 is 0 Å². The lowest BCUT2D eigenvalue weighted by Crippen LogP contribution is -2.47. The molecule has 0 amide bonds. The van der Waals surface area contributed by atoms with Crippen molar-refractivity contribution < 1.29 is 0 Å². The lowest BCUT2D eigenvalue weighted by atomic mass is 10.0. The van der Waals surface area contributed by atoms with Gasteiger partial charge < -0.3 is 10.2 Å². The second-order valence-corrected chi connectivity index (χ2v) is 3.93. The summed E-state index contributed by atoms with van der Waals surface area (Å²) in [4.78, 5) is 2.29. The van der Waals surface area contributed by atoms with Gasteiger partial charge in [0.25, 0.3) is 0 Å². The van der Waals surface area contributed by atoms with Crippen LogP contribution in [0.5, 0.6) is 0 Å². The summed E-state index contributed by atoms with van der Waals surface area (Å²) in [5, 5.41) is 11.9. The molecule has 0 spiro atoms. The highest BCUT2D eigenvalue weighted by Crippen LogP contribution is 2.12. The van der Waals surface area contributed by atoms with Crippen LogP contribution in [-0.4, -0.2) is 37.1 Å². The fraction of sp³-hybridized carbons (Fsp3) is 0.900. The van der Waals surface area contributed by atoms with E-state index >= 15 is 0 Å². The van der Waals surface area contributed by atoms with E-state index in [4.69, 9.17) is 5.26 Å². The van der Waals surface area contributed by atoms with E-state index in [9.17, 15) is 0 Å². The summed E-state index contributed by atoms with van der Waals surface area (Å²) >= 11 is 0. The minimum absolute atomic E-state index is 0.629. The maximum atomic E-state index is 8.46. The van der Waals surface area contributed by atoms with E-state index in [0.717, 1.165) is 13.1 Å². The van der Waals surface area contributed by atoms with Crippen LogP contribution in [0, 0.1) is 11.3 Å². The number of nitrogens with zero attached hydrogens (tertiary/aromatic N) is 2. The van der Waals surface area contributed by atoms with Crippen LogP contribution < -0.4 is 5.32 Å². The Kier molecular flexibility index (Phi) is 4.20. The first kappa shape index (κ1) is 10.5. The van der Waals surface area contributed by atoms with Gasteiger partial charge in [-0.2, -0.15) is 5.26 Å². The van der Waals surface area contributed by atoms with E-state index in [1.54, 1.807) is 0 Å². The molecule has 0 aliphatic carbocycles. The Morgan fingerprint density at radius 3 is 2.85 bits per heavy atom. The van der Waals surface area contributed by atoms with Gasteiger partial charge in [0.05, 0.1) is 6.07 Å². The summed E-state index contributed by atoms with van der Waals surface area (Å²) < 4.78 is 0. The molecule has 1 N–H and O–H groups in total. The van der Waals surface area contributed by atoms with Gasteiger partial charge in [-0.1, -0.05) is 0 Å². The van der Waals surface area contributed by atoms with Gasteiger partial charge in [0.1, 0.15) is 0 Å². The van der Waals surface area contributed by atoms with Gasteiger partial charge in [-0.3, -0.25) is 0 Å². The number of likely N-dealkylation sites (N-methyl/N-ethyl adjacent to an activating group) is 1. The molecule has 0 bridgehead atoms. The van der Waals surface area contributed by atoms with Crippen molar-refractivity contribution in [3.8, 4) is 6.07 Å². The molecule has 0 saturated carbocycles. The number of piperidine rings is 1. The minimum Gasteiger partial charge on any atom is -0.313 e. The van der Waals surface area contributed by atoms with E-state index < -0.39 is 0 Å². The highest BCUT2D eigenvalue weighted by molar-refractivity contribution is 4.82. The zero-order valence-electron chi connectivity index (χ0n) is 8.58. The Bertz CT molecular complexity index is 177. The van der Waals surface area contributed by atoms with Crippen LogP contribution in [0.2, 0.25) is 0 Å². The predicted molar refractivity (Wildman–Crippen MR) is 53.3 cm³/mol. The van der Waals surface area contributed by atoms with E-state index in [-0.39, 0.29) is 0 Å². The maximum absolute atomic E-state index is 8.46. The van der Waals surface area contributed by atoms with Crippen LogP contribution in [-0.2, 0) is 0 Å². The fourth-order valence-electron chi connectivity index (χ4n) is 1.77. The van der Waals surface area contributed by atoms with Crippen molar-refractivity contribution >= 4 is 0 Å². The van der Waals surface area contributed by atoms with Crippen LogP contribution in [0.15, 0.2) is 0 Å². The number of nitrogens with one attached hydrogen (secondary N) is 1. The molecule has 13 heavy (non-hydrogen) atoms. The predicted octanol–water partition coefficient (Wildman–Crippen LogP) is 0.972. The normalized spacial score (nSPS) is 28.8. The third-order valence-corrected chi connectivity index (χ3v) is 2.83. The number of nitriles is 1. The summed E-state index contributed by atoms with van der Waals surface area (Å²) in [5.74, 6) is 0. The van der Waals surface area contributed by atoms with Crippen molar-refractivity contribution in [1.82, 2.24) is 10.2 Å². The van der Waals surface area contributed by atoms with Crippen LogP contribution in [0.4, 0.5) is 0 Å². The topological polar surface area (TPSA) is 39.1 Å². The molecule has 74 valence electrons. The van der Waals surface area contributed by atoms with Gasteiger partial charge in [0.15, 0.2) is 0 Å². The first-order chi connectivity index (χ1) is 6.24. The first-order valence-electron chi connectivity index (χ1n) is 5.04. The van der Waals surface area contributed by atoms with E-state index in [2.05, 4.69) is 30.3 Å². The largest absolute Gasteiger partial charge is 0.313 e. The zero-order valence-corrected chi connectivity index (χ0v) is 8.58. The van der Waals surface area contributed by atoms with Crippen molar-refractivity contribution in [3.05, 3.63) is 0 Å². The molecule has 1 fully saturated rings. The van der Waals surface area contributed by atoms with E-state index in [1.165, 1.54) is 12.8 Å². The molecule has 1 aliphatic rings. The fourth-order valence-corrected chi connectivity index (χ4v) is 1.77. The highest BCUT2D eigenvalue weighted by Gasteiger charge is 2.20. The molecular weight excluding hydrogens is 162 g/mol. The number of hydrogen-bond acceptors (Lipinski definition) is 3. The van der Waals surface area contributed by atoms with Gasteiger partial charge in [0.2, 0.25) is 0 Å². The van der Waals surface area contributed by atoms with E-state index in [1.807, 2.05) is 0 Å². The summed E-state index contributed by atoms with van der Waals surface area (Å²) in [7, 11) is 2.11. The molecule has 0 radical (unpaired) electrons. The summed E-state index contributed by atoms with van der Waals surface area (Å²) in [6.45, 7) is 4.20. The van der Waals surface area contributed by atoms with Gasteiger partial charge >= 0.3 is 0 Å². The van der Waals surface area contributed by atoms with Crippen molar-refractivity contribution in [2.75, 3.05) is 20.1 Å². The average molecular weight is 181 g/mol. The number of rotatable bonds is 3. The molecule has 2 unspecified atom stereocenters. The molecule has 1 aliphatic heterocycles. The SMILES string of the molecule is CC1CCC(N(C)CCC#N)CN1. The maximum Gasteiger partial charge on any atom is 0.0635 e. The third-order valence-electron chi connectivity index (χ3n) is 2.83. The van der Waals surface area contributed by atoms with Crippen molar-refractivity contribution in [1.29, 1.82) is 5.26 Å². The molecule has 2 atom stereocenters. The number of hydrogen-bond donors (Lipinski definition) is 1. The van der Waals surface area contributed by atoms with Crippen molar-refractivity contribution in [3.63, 3.8) is 0 Å². The monoisotopic (exact) mass is 181 g/mol. The Balaban J connectivity index is 2.24. The molecule has 3 heteroatoms. The van der Waals surface area contributed by atoms with Crippen LogP contribution in [0.3, 0.4) is 0 Å². The molecule has 0 aromatic carbocycles. The Hall–Kier alpha value is -0.590.